The van der Waals surface area contributed by atoms with E-state index in [4.69, 9.17) is 11.6 Å². The zero-order chi connectivity index (χ0) is 22.5. The summed E-state index contributed by atoms with van der Waals surface area (Å²) >= 11 is 6.57. The summed E-state index contributed by atoms with van der Waals surface area (Å²) in [6.45, 7) is 6.67. The van der Waals surface area contributed by atoms with Gasteiger partial charge in [-0.05, 0) is 73.2 Å². The van der Waals surface area contributed by atoms with E-state index in [1.165, 1.54) is 12.1 Å². The van der Waals surface area contributed by atoms with Gasteiger partial charge in [-0.15, -0.1) is 0 Å². The van der Waals surface area contributed by atoms with Crippen molar-refractivity contribution in [3.8, 4) is 0 Å². The second-order valence-electron chi connectivity index (χ2n) is 8.92. The number of anilines is 1. The van der Waals surface area contributed by atoms with Crippen molar-refractivity contribution >= 4 is 35.3 Å². The second-order valence-corrected chi connectivity index (χ2v) is 9.32. The molecule has 2 aliphatic rings. The molecule has 0 spiro atoms. The van der Waals surface area contributed by atoms with Crippen LogP contribution in [0.1, 0.15) is 49.8 Å². The summed E-state index contributed by atoms with van der Waals surface area (Å²) in [4.78, 5) is 28.6. The van der Waals surface area contributed by atoms with E-state index in [2.05, 4.69) is 38.0 Å². The van der Waals surface area contributed by atoms with Gasteiger partial charge >= 0.3 is 6.03 Å². The van der Waals surface area contributed by atoms with Crippen molar-refractivity contribution in [3.05, 3.63) is 69.6 Å². The first kappa shape index (κ1) is 21.4. The maximum Gasteiger partial charge on any atom is 0.329 e. The lowest BCUT2D eigenvalue weighted by atomic mass is 9.80. The van der Waals surface area contributed by atoms with E-state index >= 15 is 0 Å². The Morgan fingerprint density at radius 3 is 2.58 bits per heavy atom. The van der Waals surface area contributed by atoms with Crippen LogP contribution in [0.5, 0.6) is 0 Å². The first-order valence-electron chi connectivity index (χ1n) is 10.2. The summed E-state index contributed by atoms with van der Waals surface area (Å²) in [7, 11) is 2.06. The molecule has 1 atom stereocenters. The Labute approximate surface area is 186 Å². The van der Waals surface area contributed by atoms with Gasteiger partial charge in [-0.3, -0.25) is 9.69 Å². The van der Waals surface area contributed by atoms with Crippen molar-refractivity contribution in [2.75, 3.05) is 11.9 Å². The maximum atomic E-state index is 13.1. The number of urea groups is 1. The SMILES string of the molecule is CC1CC(C)(C)N(C)c2cc(Cl)c(/C=C3/NC(=O)N(Cc4ccc(F)cc4)C3=O)cc21. The molecule has 1 saturated heterocycles. The number of rotatable bonds is 3. The molecule has 4 rings (SSSR count). The van der Waals surface area contributed by atoms with Gasteiger partial charge in [0.05, 0.1) is 6.54 Å². The summed E-state index contributed by atoms with van der Waals surface area (Å²) in [5.74, 6) is -0.472. The summed E-state index contributed by atoms with van der Waals surface area (Å²) in [5.41, 5.74) is 3.79. The van der Waals surface area contributed by atoms with Crippen LogP contribution in [0.25, 0.3) is 6.08 Å². The predicted molar refractivity (Wildman–Crippen MR) is 120 cm³/mol. The highest BCUT2D eigenvalue weighted by Crippen LogP contribution is 2.44. The number of fused-ring (bicyclic) bond motifs is 1. The number of imide groups is 1. The predicted octanol–water partition coefficient (Wildman–Crippen LogP) is 5.29. The Morgan fingerprint density at radius 1 is 1.23 bits per heavy atom. The third-order valence-corrected chi connectivity index (χ3v) is 6.60. The van der Waals surface area contributed by atoms with Gasteiger partial charge in [0.25, 0.3) is 5.91 Å². The van der Waals surface area contributed by atoms with E-state index in [0.29, 0.717) is 22.1 Å². The highest BCUT2D eigenvalue weighted by molar-refractivity contribution is 6.32. The van der Waals surface area contributed by atoms with Gasteiger partial charge < -0.3 is 10.2 Å². The van der Waals surface area contributed by atoms with Gasteiger partial charge in [0, 0.05) is 23.3 Å². The molecular formula is C24H25ClFN3O2. The van der Waals surface area contributed by atoms with Gasteiger partial charge in [-0.25, -0.2) is 9.18 Å². The monoisotopic (exact) mass is 441 g/mol. The fourth-order valence-corrected chi connectivity index (χ4v) is 4.57. The largest absolute Gasteiger partial charge is 0.369 e. The molecule has 3 amide bonds. The van der Waals surface area contributed by atoms with E-state index in [-0.39, 0.29) is 23.6 Å². The van der Waals surface area contributed by atoms with Crippen molar-refractivity contribution in [3.63, 3.8) is 0 Å². The van der Waals surface area contributed by atoms with Gasteiger partial charge in [-0.1, -0.05) is 30.7 Å². The molecule has 0 aliphatic carbocycles. The molecule has 0 radical (unpaired) electrons. The molecule has 2 aromatic rings. The molecule has 1 N–H and O–H groups in total. The molecule has 2 heterocycles. The van der Waals surface area contributed by atoms with E-state index < -0.39 is 11.9 Å². The van der Waals surface area contributed by atoms with Crippen molar-refractivity contribution in [2.45, 2.75) is 45.2 Å². The van der Waals surface area contributed by atoms with Gasteiger partial charge in [-0.2, -0.15) is 0 Å². The first-order chi connectivity index (χ1) is 14.6. The molecule has 7 heteroatoms. The third kappa shape index (κ3) is 3.92. The fraction of sp³-hybridized carbons (Fsp3) is 0.333. The number of hydrogen-bond donors (Lipinski definition) is 1. The summed E-state index contributed by atoms with van der Waals surface area (Å²) in [5, 5.41) is 3.15. The van der Waals surface area contributed by atoms with Crippen LogP contribution in [0.4, 0.5) is 14.9 Å². The minimum Gasteiger partial charge on any atom is -0.369 e. The fourth-order valence-electron chi connectivity index (χ4n) is 4.36. The minimum atomic E-state index is -0.510. The van der Waals surface area contributed by atoms with Gasteiger partial charge in [0.2, 0.25) is 0 Å². The number of hydrogen-bond acceptors (Lipinski definition) is 3. The molecule has 0 aromatic heterocycles. The zero-order valence-electron chi connectivity index (χ0n) is 18.0. The number of amides is 3. The number of benzene rings is 2. The van der Waals surface area contributed by atoms with Crippen LogP contribution in [-0.2, 0) is 11.3 Å². The van der Waals surface area contributed by atoms with Gasteiger partial charge in [0.15, 0.2) is 0 Å². The summed E-state index contributed by atoms with van der Waals surface area (Å²) in [6.07, 6.45) is 2.62. The van der Waals surface area contributed by atoms with E-state index in [9.17, 15) is 14.0 Å². The van der Waals surface area contributed by atoms with Crippen LogP contribution in [-0.4, -0.2) is 29.4 Å². The number of nitrogens with zero attached hydrogens (tertiary/aromatic N) is 2. The standard InChI is InChI=1S/C24H25ClFN3O2/c1-14-12-24(2,3)28(4)21-11-19(25)16(9-18(14)21)10-20-22(30)29(23(31)27-20)13-15-5-7-17(26)8-6-15/h5-11,14H,12-13H2,1-4H3,(H,27,31)/b20-10+. The molecule has 0 saturated carbocycles. The normalized spacial score (nSPS) is 21.5. The Bertz CT molecular complexity index is 1090. The lowest BCUT2D eigenvalue weighted by Crippen LogP contribution is -2.45. The molecule has 1 unspecified atom stereocenters. The smallest absolute Gasteiger partial charge is 0.329 e. The Morgan fingerprint density at radius 2 is 1.90 bits per heavy atom. The molecule has 5 nitrogen and oxygen atoms in total. The average Bonchev–Trinajstić information content (AvgIpc) is 2.96. The molecule has 2 aliphatic heterocycles. The summed E-state index contributed by atoms with van der Waals surface area (Å²) in [6, 6.07) is 9.13. The van der Waals surface area contributed by atoms with Crippen molar-refractivity contribution in [1.82, 2.24) is 10.2 Å². The lowest BCUT2D eigenvalue weighted by Gasteiger charge is -2.45. The van der Waals surface area contributed by atoms with E-state index in [0.717, 1.165) is 22.6 Å². The van der Waals surface area contributed by atoms with Crippen molar-refractivity contribution in [2.24, 2.45) is 0 Å². The molecule has 2 aromatic carbocycles. The average molecular weight is 442 g/mol. The Hall–Kier alpha value is -2.86. The molecule has 162 valence electrons. The topological polar surface area (TPSA) is 52.7 Å². The van der Waals surface area contributed by atoms with Gasteiger partial charge in [0.1, 0.15) is 11.5 Å². The maximum absolute atomic E-state index is 13.1. The van der Waals surface area contributed by atoms with Crippen molar-refractivity contribution in [1.29, 1.82) is 0 Å². The van der Waals surface area contributed by atoms with Crippen molar-refractivity contribution < 1.29 is 14.0 Å². The molecule has 31 heavy (non-hydrogen) atoms. The Kier molecular flexibility index (Phi) is 5.30. The lowest BCUT2D eigenvalue weighted by molar-refractivity contribution is -0.123. The quantitative estimate of drug-likeness (QED) is 0.519. The van der Waals surface area contributed by atoms with Crippen LogP contribution >= 0.6 is 11.6 Å². The van der Waals surface area contributed by atoms with Crippen LogP contribution in [0.2, 0.25) is 5.02 Å². The Balaban J connectivity index is 1.63. The molecule has 0 bridgehead atoms. The highest BCUT2D eigenvalue weighted by atomic mass is 35.5. The first-order valence-corrected chi connectivity index (χ1v) is 10.6. The number of carbonyl (C=O) groups is 2. The van der Waals surface area contributed by atoms with Crippen LogP contribution < -0.4 is 10.2 Å². The zero-order valence-corrected chi connectivity index (χ0v) is 18.8. The highest BCUT2D eigenvalue weighted by Gasteiger charge is 2.36. The molecular weight excluding hydrogens is 417 g/mol. The van der Waals surface area contributed by atoms with Crippen LogP contribution in [0.15, 0.2) is 42.1 Å². The third-order valence-electron chi connectivity index (χ3n) is 6.27. The van der Waals surface area contributed by atoms with Crippen LogP contribution in [0.3, 0.4) is 0 Å². The number of halogens is 2. The summed E-state index contributed by atoms with van der Waals surface area (Å²) < 4.78 is 13.1. The minimum absolute atomic E-state index is 0.0198. The van der Waals surface area contributed by atoms with E-state index in [1.54, 1.807) is 18.2 Å². The second kappa shape index (κ2) is 7.68. The van der Waals surface area contributed by atoms with E-state index in [1.807, 2.05) is 12.1 Å². The number of carbonyl (C=O) groups excluding carboxylic acids is 2. The number of nitrogens with one attached hydrogen (secondary N) is 1. The molecule has 1 fully saturated rings. The van der Waals surface area contributed by atoms with Crippen LogP contribution in [0, 0.1) is 5.82 Å².